The summed E-state index contributed by atoms with van der Waals surface area (Å²) >= 11 is 0. The lowest BCUT2D eigenvalue weighted by Crippen LogP contribution is -2.00. The number of rotatable bonds is 5. The maximum Gasteiger partial charge on any atom is 0.0638 e. The number of nitrogens with zero attached hydrogens (tertiary/aromatic N) is 2. The van der Waals surface area contributed by atoms with E-state index in [-0.39, 0.29) is 0 Å². The van der Waals surface area contributed by atoms with Gasteiger partial charge in [0.15, 0.2) is 0 Å². The number of hydrogen-bond donors (Lipinski definition) is 1. The summed E-state index contributed by atoms with van der Waals surface area (Å²) in [5, 5.41) is 3.41. The van der Waals surface area contributed by atoms with Crippen LogP contribution < -0.4 is 5.32 Å². The Balaban J connectivity index is 1.66. The summed E-state index contributed by atoms with van der Waals surface area (Å²) in [6, 6.07) is 16.7. The average molecular weight is 329 g/mol. The van der Waals surface area contributed by atoms with Gasteiger partial charge in [-0.2, -0.15) is 0 Å². The Morgan fingerprint density at radius 2 is 1.28 bits per heavy atom. The Kier molecular flexibility index (Phi) is 5.57. The van der Waals surface area contributed by atoms with Crippen LogP contribution >= 0.6 is 0 Å². The van der Waals surface area contributed by atoms with E-state index in [0.29, 0.717) is 0 Å². The zero-order valence-electron chi connectivity index (χ0n) is 14.7. The molecule has 0 atom stereocenters. The first-order valence-corrected chi connectivity index (χ1v) is 8.72. The Labute approximate surface area is 149 Å². The molecule has 2 aromatic rings. The van der Waals surface area contributed by atoms with Crippen molar-refractivity contribution in [2.75, 3.05) is 11.9 Å². The third-order valence-electron chi connectivity index (χ3n) is 3.97. The fraction of sp³-hybridized carbons (Fsp3) is 0.182. The summed E-state index contributed by atoms with van der Waals surface area (Å²) in [6.07, 6.45) is 9.05. The molecule has 0 saturated carbocycles. The van der Waals surface area contributed by atoms with Gasteiger partial charge in [0.25, 0.3) is 0 Å². The average Bonchev–Trinajstić information content (AvgIpc) is 2.66. The van der Waals surface area contributed by atoms with Crippen LogP contribution in [0.25, 0.3) is 0 Å². The molecule has 0 heterocycles. The summed E-state index contributed by atoms with van der Waals surface area (Å²) in [7, 11) is 0. The minimum absolute atomic E-state index is 0.798. The molecule has 1 aliphatic rings. The molecule has 3 rings (SSSR count). The maximum atomic E-state index is 4.64. The van der Waals surface area contributed by atoms with E-state index in [4.69, 9.17) is 0 Å². The topological polar surface area (TPSA) is 36.8 Å². The second-order valence-electron chi connectivity index (χ2n) is 5.82. The predicted octanol–water partition coefficient (Wildman–Crippen LogP) is 5.65. The van der Waals surface area contributed by atoms with Crippen LogP contribution in [0.1, 0.15) is 19.4 Å². The number of hydrogen-bond acceptors (Lipinski definition) is 3. The van der Waals surface area contributed by atoms with E-state index in [1.807, 2.05) is 55.5 Å². The van der Waals surface area contributed by atoms with Crippen molar-refractivity contribution < 1.29 is 0 Å². The molecule has 0 amide bonds. The normalized spacial score (nSPS) is 13.0. The standard InChI is InChI=1S/C22H23N3/c1-3-17-5-7-19(8-6-17)24-21-13-15-22(16-14-21)25-20-11-9-18(10-12-20)23-4-2/h5-16,24H,3-4H2,1-2H3. The van der Waals surface area contributed by atoms with E-state index < -0.39 is 0 Å². The van der Waals surface area contributed by atoms with Gasteiger partial charge < -0.3 is 5.32 Å². The highest BCUT2D eigenvalue weighted by molar-refractivity contribution is 6.19. The largest absolute Gasteiger partial charge is 0.356 e. The summed E-state index contributed by atoms with van der Waals surface area (Å²) in [4.78, 5) is 9.01. The molecular formula is C22H23N3. The third kappa shape index (κ3) is 4.77. The van der Waals surface area contributed by atoms with Gasteiger partial charge in [0.05, 0.1) is 17.1 Å². The van der Waals surface area contributed by atoms with Crippen LogP contribution in [0, 0.1) is 0 Å². The summed E-state index contributed by atoms with van der Waals surface area (Å²) in [5.74, 6) is 0. The number of allylic oxidation sites excluding steroid dienone is 4. The fourth-order valence-corrected chi connectivity index (χ4v) is 2.57. The smallest absolute Gasteiger partial charge is 0.0638 e. The molecule has 3 nitrogen and oxygen atoms in total. The molecule has 0 spiro atoms. The quantitative estimate of drug-likeness (QED) is 0.707. The fourth-order valence-electron chi connectivity index (χ4n) is 2.57. The highest BCUT2D eigenvalue weighted by atomic mass is 14.9. The second-order valence-corrected chi connectivity index (χ2v) is 5.82. The highest BCUT2D eigenvalue weighted by Gasteiger charge is 2.00. The molecule has 126 valence electrons. The monoisotopic (exact) mass is 329 g/mol. The lowest BCUT2D eigenvalue weighted by atomic mass is 10.1. The lowest BCUT2D eigenvalue weighted by Gasteiger charge is -2.08. The molecule has 0 fully saturated rings. The van der Waals surface area contributed by atoms with Crippen molar-refractivity contribution in [2.45, 2.75) is 20.3 Å². The van der Waals surface area contributed by atoms with E-state index in [0.717, 1.165) is 41.5 Å². The Hall–Kier alpha value is -2.94. The van der Waals surface area contributed by atoms with Crippen LogP contribution in [0.2, 0.25) is 0 Å². The van der Waals surface area contributed by atoms with Crippen molar-refractivity contribution in [1.82, 2.24) is 0 Å². The zero-order chi connectivity index (χ0) is 17.5. The molecule has 3 heteroatoms. The highest BCUT2D eigenvalue weighted by Crippen LogP contribution is 2.21. The minimum atomic E-state index is 0.798. The first-order chi connectivity index (χ1) is 12.3. The van der Waals surface area contributed by atoms with Crippen LogP contribution in [0.5, 0.6) is 0 Å². The van der Waals surface area contributed by atoms with Gasteiger partial charge in [-0.15, -0.1) is 0 Å². The SMILES string of the molecule is CCN=C1C=CC(=Nc2ccc(Nc3ccc(CC)cc3)cc2)C=C1. The second kappa shape index (κ2) is 8.25. The Morgan fingerprint density at radius 1 is 0.720 bits per heavy atom. The zero-order valence-corrected chi connectivity index (χ0v) is 14.7. The van der Waals surface area contributed by atoms with Gasteiger partial charge in [-0.3, -0.25) is 4.99 Å². The molecule has 0 saturated heterocycles. The van der Waals surface area contributed by atoms with E-state index in [1.165, 1.54) is 5.56 Å². The van der Waals surface area contributed by atoms with Gasteiger partial charge in [-0.05, 0) is 79.6 Å². The third-order valence-corrected chi connectivity index (χ3v) is 3.97. The van der Waals surface area contributed by atoms with Crippen LogP contribution in [0.15, 0.2) is 82.8 Å². The van der Waals surface area contributed by atoms with Gasteiger partial charge in [0, 0.05) is 17.9 Å². The van der Waals surface area contributed by atoms with Crippen molar-refractivity contribution in [1.29, 1.82) is 0 Å². The first-order valence-electron chi connectivity index (χ1n) is 8.72. The molecule has 0 aliphatic heterocycles. The summed E-state index contributed by atoms with van der Waals surface area (Å²) < 4.78 is 0. The molecule has 0 bridgehead atoms. The van der Waals surface area contributed by atoms with E-state index in [1.54, 1.807) is 0 Å². The molecule has 0 unspecified atom stereocenters. The molecule has 0 radical (unpaired) electrons. The van der Waals surface area contributed by atoms with E-state index >= 15 is 0 Å². The number of aryl methyl sites for hydroxylation is 1. The van der Waals surface area contributed by atoms with Gasteiger partial charge in [-0.1, -0.05) is 19.1 Å². The number of anilines is 2. The summed E-state index contributed by atoms with van der Waals surface area (Å²) in [5.41, 5.74) is 6.36. The van der Waals surface area contributed by atoms with Crippen LogP contribution in [0.4, 0.5) is 17.1 Å². The van der Waals surface area contributed by atoms with Crippen LogP contribution in [-0.4, -0.2) is 18.0 Å². The van der Waals surface area contributed by atoms with Crippen LogP contribution in [-0.2, 0) is 6.42 Å². The number of nitrogens with one attached hydrogen (secondary N) is 1. The molecular weight excluding hydrogens is 306 g/mol. The predicted molar refractivity (Wildman–Crippen MR) is 109 cm³/mol. The maximum absolute atomic E-state index is 4.64. The van der Waals surface area contributed by atoms with Gasteiger partial charge >= 0.3 is 0 Å². The van der Waals surface area contributed by atoms with Crippen molar-refractivity contribution in [3.05, 3.63) is 78.4 Å². The molecule has 25 heavy (non-hydrogen) atoms. The van der Waals surface area contributed by atoms with Crippen molar-refractivity contribution in [2.24, 2.45) is 9.98 Å². The van der Waals surface area contributed by atoms with Gasteiger partial charge in [0.2, 0.25) is 0 Å². The molecule has 1 N–H and O–H groups in total. The van der Waals surface area contributed by atoms with Gasteiger partial charge in [-0.25, -0.2) is 4.99 Å². The number of benzene rings is 2. The molecule has 2 aromatic carbocycles. The summed E-state index contributed by atoms with van der Waals surface area (Å²) in [6.45, 7) is 4.99. The first kappa shape index (κ1) is 16.9. The van der Waals surface area contributed by atoms with E-state index in [9.17, 15) is 0 Å². The van der Waals surface area contributed by atoms with Crippen molar-refractivity contribution >= 4 is 28.5 Å². The Morgan fingerprint density at radius 3 is 1.84 bits per heavy atom. The van der Waals surface area contributed by atoms with Crippen LogP contribution in [0.3, 0.4) is 0 Å². The number of aliphatic imine (C=N–C) groups is 2. The van der Waals surface area contributed by atoms with Crippen molar-refractivity contribution in [3.8, 4) is 0 Å². The molecule has 0 aromatic heterocycles. The van der Waals surface area contributed by atoms with Crippen molar-refractivity contribution in [3.63, 3.8) is 0 Å². The van der Waals surface area contributed by atoms with Gasteiger partial charge in [0.1, 0.15) is 0 Å². The lowest BCUT2D eigenvalue weighted by molar-refractivity contribution is 1.13. The Bertz CT molecular complexity index is 805. The van der Waals surface area contributed by atoms with E-state index in [2.05, 4.69) is 46.5 Å². The minimum Gasteiger partial charge on any atom is -0.356 e. The molecule has 1 aliphatic carbocycles.